The van der Waals surface area contributed by atoms with Crippen LogP contribution in [0.1, 0.15) is 60.4 Å². The van der Waals surface area contributed by atoms with Crippen LogP contribution in [-0.4, -0.2) is 51.0 Å². The first-order valence-corrected chi connectivity index (χ1v) is 23.4. The molecule has 304 valence electrons. The first kappa shape index (κ1) is 41.6. The van der Waals surface area contributed by atoms with Crippen molar-refractivity contribution in [2.75, 3.05) is 13.7 Å². The molecule has 8 heteroatoms. The Kier molecular flexibility index (Phi) is 13.3. The Morgan fingerprint density at radius 3 is 1.71 bits per heavy atom. The van der Waals surface area contributed by atoms with Gasteiger partial charge < -0.3 is 32.7 Å². The molecule has 0 radical (unpaired) electrons. The van der Waals surface area contributed by atoms with Crippen molar-refractivity contribution < 1.29 is 28.1 Å². The lowest BCUT2D eigenvalue weighted by Gasteiger charge is -2.48. The number of methoxy groups -OCH3 is 1. The van der Waals surface area contributed by atoms with Gasteiger partial charge in [-0.05, 0) is 83.1 Å². The first-order valence-electron chi connectivity index (χ1n) is 20.5. The fourth-order valence-electron chi connectivity index (χ4n) is 7.38. The summed E-state index contributed by atoms with van der Waals surface area (Å²) in [6.07, 6.45) is 0.380. The molecule has 1 aliphatic rings. The molecule has 0 aliphatic carbocycles. The minimum Gasteiger partial charge on any atom is -0.497 e. The molecule has 1 saturated heterocycles. The molecule has 0 bridgehead atoms. The average Bonchev–Trinajstić information content (AvgIpc) is 3.58. The second-order valence-electron chi connectivity index (χ2n) is 17.0. The van der Waals surface area contributed by atoms with Gasteiger partial charge in [-0.3, -0.25) is 0 Å². The molecule has 5 atom stereocenters. The van der Waals surface area contributed by atoms with E-state index in [0.29, 0.717) is 26.4 Å². The molecule has 0 spiro atoms. The smallest absolute Gasteiger partial charge is 0.192 e. The summed E-state index contributed by atoms with van der Waals surface area (Å²) < 4.78 is 43.4. The maximum Gasteiger partial charge on any atom is 0.192 e. The molecular formula is C50H59NO6Si. The molecule has 0 amide bonds. The Balaban J connectivity index is 1.34. The first-order chi connectivity index (χ1) is 28.0. The van der Waals surface area contributed by atoms with Gasteiger partial charge in [0.1, 0.15) is 30.2 Å². The average molecular weight is 798 g/mol. The van der Waals surface area contributed by atoms with Gasteiger partial charge in [0, 0.05) is 11.6 Å². The number of hydrogen-bond donors (Lipinski definition) is 0. The fourth-order valence-corrected chi connectivity index (χ4v) is 8.39. The number of fused-ring (bicyclic) bond motifs is 1. The maximum atomic E-state index is 7.42. The van der Waals surface area contributed by atoms with Crippen molar-refractivity contribution >= 4 is 19.2 Å². The van der Waals surface area contributed by atoms with Gasteiger partial charge in [-0.15, -0.1) is 0 Å². The van der Waals surface area contributed by atoms with E-state index in [-0.39, 0.29) is 5.04 Å². The molecule has 0 unspecified atom stereocenters. The topological polar surface area (TPSA) is 60.3 Å². The molecule has 2 heterocycles. The minimum absolute atomic E-state index is 0.0104. The maximum absolute atomic E-state index is 7.42. The van der Waals surface area contributed by atoms with Gasteiger partial charge in [0.05, 0.1) is 39.1 Å². The lowest BCUT2D eigenvalue weighted by molar-refractivity contribution is -0.286. The number of aryl methyl sites for hydroxylation is 1. The Labute approximate surface area is 346 Å². The van der Waals surface area contributed by atoms with Gasteiger partial charge in [0.15, 0.2) is 14.5 Å². The number of nitrogens with zero attached hydrogens (tertiary/aromatic N) is 1. The number of rotatable bonds is 16. The van der Waals surface area contributed by atoms with Crippen molar-refractivity contribution in [2.45, 2.75) is 103 Å². The molecule has 7 nitrogen and oxygen atoms in total. The highest BCUT2D eigenvalue weighted by molar-refractivity contribution is 6.74. The molecule has 5 aromatic carbocycles. The van der Waals surface area contributed by atoms with Crippen LogP contribution in [0.25, 0.3) is 10.9 Å². The zero-order valence-corrected chi connectivity index (χ0v) is 36.1. The highest BCUT2D eigenvalue weighted by Crippen LogP contribution is 2.41. The SMILES string of the molecule is COc1ccc(Cc2cn([C@@H]3O[C@H](CO[Si](C)(C)C(C)(C)C)[C@@H](OCc4ccccc4)[C@H](OCc4ccccc4)[C@H]3OCc3ccccc3)c3cc(C)ccc23)cc1. The summed E-state index contributed by atoms with van der Waals surface area (Å²) in [6, 6.07) is 45.9. The van der Waals surface area contributed by atoms with E-state index in [1.165, 1.54) is 22.1 Å². The molecule has 0 N–H and O–H groups in total. The monoisotopic (exact) mass is 797 g/mol. The fraction of sp³-hybridized carbons (Fsp3) is 0.360. The van der Waals surface area contributed by atoms with E-state index in [1.807, 2.05) is 66.7 Å². The van der Waals surface area contributed by atoms with Gasteiger partial charge in [0.2, 0.25) is 0 Å². The zero-order valence-electron chi connectivity index (χ0n) is 35.1. The third-order valence-corrected chi connectivity index (χ3v) is 16.3. The lowest BCUT2D eigenvalue weighted by atomic mass is 9.96. The van der Waals surface area contributed by atoms with Crippen molar-refractivity contribution in [1.82, 2.24) is 4.57 Å². The Hall–Kier alpha value is -4.54. The summed E-state index contributed by atoms with van der Waals surface area (Å²) in [5.74, 6) is 0.840. The number of hydrogen-bond acceptors (Lipinski definition) is 6. The number of ether oxygens (including phenoxy) is 5. The van der Waals surface area contributed by atoms with Crippen LogP contribution in [-0.2, 0) is 49.6 Å². The molecule has 0 saturated carbocycles. The van der Waals surface area contributed by atoms with E-state index < -0.39 is 39.0 Å². The van der Waals surface area contributed by atoms with E-state index in [4.69, 9.17) is 28.1 Å². The quantitative estimate of drug-likeness (QED) is 0.0909. The molecular weight excluding hydrogens is 739 g/mol. The minimum atomic E-state index is -2.20. The van der Waals surface area contributed by atoms with E-state index in [0.717, 1.165) is 34.4 Å². The summed E-state index contributed by atoms with van der Waals surface area (Å²) in [5.41, 5.74) is 7.86. The second-order valence-corrected chi connectivity index (χ2v) is 21.8. The van der Waals surface area contributed by atoms with Crippen molar-refractivity contribution in [3.63, 3.8) is 0 Å². The summed E-state index contributed by atoms with van der Waals surface area (Å²) in [7, 11) is -0.498. The highest BCUT2D eigenvalue weighted by Gasteiger charge is 2.50. The van der Waals surface area contributed by atoms with Crippen LogP contribution in [0.4, 0.5) is 0 Å². The van der Waals surface area contributed by atoms with Gasteiger partial charge in [-0.2, -0.15) is 0 Å². The molecule has 7 rings (SSSR count). The van der Waals surface area contributed by atoms with Crippen LogP contribution in [0.15, 0.2) is 140 Å². The van der Waals surface area contributed by atoms with Crippen LogP contribution in [0.3, 0.4) is 0 Å². The highest BCUT2D eigenvalue weighted by atomic mass is 28.4. The van der Waals surface area contributed by atoms with Gasteiger partial charge in [0.25, 0.3) is 0 Å². The third-order valence-electron chi connectivity index (χ3n) is 11.8. The molecule has 1 aliphatic heterocycles. The van der Waals surface area contributed by atoms with Crippen LogP contribution < -0.4 is 4.74 Å². The van der Waals surface area contributed by atoms with Crippen LogP contribution >= 0.6 is 0 Å². The largest absolute Gasteiger partial charge is 0.497 e. The number of benzene rings is 5. The standard InChI is InChI=1S/C50H59NO6Si/c1-36-23-28-43-41(30-37-24-26-42(52-5)27-25-37)31-51(44(43)29-36)49-48(55-34-40-21-15-10-16-22-40)47(54-33-39-19-13-9-14-20-39)46(53-32-38-17-11-8-12-18-38)45(57-49)35-56-58(6,7)50(2,3)4/h8-29,31,45-49H,30,32-35H2,1-7H3/t45-,46-,47+,48-,49-/m1/s1. The van der Waals surface area contributed by atoms with Crippen molar-refractivity contribution in [3.05, 3.63) is 173 Å². The zero-order chi connectivity index (χ0) is 40.7. The summed E-state index contributed by atoms with van der Waals surface area (Å²) in [4.78, 5) is 0. The van der Waals surface area contributed by atoms with E-state index >= 15 is 0 Å². The Morgan fingerprint density at radius 1 is 0.638 bits per heavy atom. The van der Waals surface area contributed by atoms with E-state index in [1.54, 1.807) is 7.11 Å². The number of aromatic nitrogens is 1. The van der Waals surface area contributed by atoms with Gasteiger partial charge in [-0.25, -0.2) is 0 Å². The van der Waals surface area contributed by atoms with Crippen molar-refractivity contribution in [3.8, 4) is 5.75 Å². The van der Waals surface area contributed by atoms with Crippen molar-refractivity contribution in [2.24, 2.45) is 0 Å². The molecule has 6 aromatic rings. The summed E-state index contributed by atoms with van der Waals surface area (Å²) in [5, 5.41) is 1.18. The molecule has 58 heavy (non-hydrogen) atoms. The Bertz CT molecular complexity index is 2180. The summed E-state index contributed by atoms with van der Waals surface area (Å²) >= 11 is 0. The van der Waals surface area contributed by atoms with Crippen LogP contribution in [0, 0.1) is 6.92 Å². The van der Waals surface area contributed by atoms with E-state index in [9.17, 15) is 0 Å². The molecule has 1 fully saturated rings. The van der Waals surface area contributed by atoms with Gasteiger partial charge in [-0.1, -0.05) is 136 Å². The predicted octanol–water partition coefficient (Wildman–Crippen LogP) is 11.2. The summed E-state index contributed by atoms with van der Waals surface area (Å²) in [6.45, 7) is 15.0. The predicted molar refractivity (Wildman–Crippen MR) is 235 cm³/mol. The molecule has 1 aromatic heterocycles. The van der Waals surface area contributed by atoms with Crippen LogP contribution in [0.5, 0.6) is 5.75 Å². The third kappa shape index (κ3) is 10.0. The van der Waals surface area contributed by atoms with Gasteiger partial charge >= 0.3 is 0 Å². The van der Waals surface area contributed by atoms with E-state index in [2.05, 4.69) is 118 Å². The lowest BCUT2D eigenvalue weighted by Crippen LogP contribution is -2.60. The second kappa shape index (κ2) is 18.6. The Morgan fingerprint density at radius 2 is 1.17 bits per heavy atom. The normalized spacial score (nSPS) is 20.0. The van der Waals surface area contributed by atoms with Crippen LogP contribution in [0.2, 0.25) is 18.1 Å². The van der Waals surface area contributed by atoms with Crippen molar-refractivity contribution in [1.29, 1.82) is 0 Å².